The van der Waals surface area contributed by atoms with Crippen LogP contribution >= 0.6 is 0 Å². The minimum atomic E-state index is 0.283. The SMILES string of the molecule is CCCc1ccc(OC)c(-c2cnc(N3CCN(CC(=O)N4CCN(C5CCCCC5)CC4)CC3)cn2)c1. The molecule has 3 fully saturated rings. The molecule has 5 rings (SSSR count). The second kappa shape index (κ2) is 12.9. The van der Waals surface area contributed by atoms with Gasteiger partial charge in [0.15, 0.2) is 0 Å². The van der Waals surface area contributed by atoms with Gasteiger partial charge < -0.3 is 14.5 Å². The zero-order chi connectivity index (χ0) is 26.3. The number of carbonyl (C=O) groups excluding carboxylic acids is 1. The fourth-order valence-electron chi connectivity index (χ4n) is 6.23. The summed E-state index contributed by atoms with van der Waals surface area (Å²) in [6.07, 6.45) is 12.7. The van der Waals surface area contributed by atoms with E-state index in [1.165, 1.54) is 37.7 Å². The van der Waals surface area contributed by atoms with E-state index in [2.05, 4.69) is 38.7 Å². The van der Waals surface area contributed by atoms with Gasteiger partial charge in [0.1, 0.15) is 11.6 Å². The van der Waals surface area contributed by atoms with Crippen LogP contribution in [0.4, 0.5) is 5.82 Å². The molecule has 206 valence electrons. The van der Waals surface area contributed by atoms with Gasteiger partial charge in [-0.25, -0.2) is 4.98 Å². The van der Waals surface area contributed by atoms with Crippen LogP contribution in [0.1, 0.15) is 51.0 Å². The smallest absolute Gasteiger partial charge is 0.236 e. The Morgan fingerprint density at radius 1 is 0.947 bits per heavy atom. The lowest BCUT2D eigenvalue weighted by molar-refractivity contribution is -0.134. The van der Waals surface area contributed by atoms with E-state index in [1.807, 2.05) is 18.5 Å². The molecule has 0 N–H and O–H groups in total. The highest BCUT2D eigenvalue weighted by molar-refractivity contribution is 5.78. The number of benzene rings is 1. The third-order valence-electron chi connectivity index (χ3n) is 8.53. The summed E-state index contributed by atoms with van der Waals surface area (Å²) in [5.41, 5.74) is 3.10. The van der Waals surface area contributed by atoms with E-state index in [9.17, 15) is 4.79 Å². The molecule has 2 aromatic rings. The average Bonchev–Trinajstić information content (AvgIpc) is 2.98. The lowest BCUT2D eigenvalue weighted by Gasteiger charge is -2.41. The Bertz CT molecular complexity index is 1040. The van der Waals surface area contributed by atoms with Crippen molar-refractivity contribution in [3.8, 4) is 17.0 Å². The molecule has 0 atom stereocenters. The monoisotopic (exact) mass is 520 g/mol. The van der Waals surface area contributed by atoms with Crippen LogP contribution in [0.25, 0.3) is 11.3 Å². The number of piperazine rings is 2. The molecule has 8 heteroatoms. The zero-order valence-electron chi connectivity index (χ0n) is 23.3. The number of methoxy groups -OCH3 is 1. The molecule has 1 amide bonds. The highest BCUT2D eigenvalue weighted by Crippen LogP contribution is 2.30. The number of carbonyl (C=O) groups is 1. The Morgan fingerprint density at radius 2 is 1.71 bits per heavy atom. The first kappa shape index (κ1) is 26.9. The summed E-state index contributed by atoms with van der Waals surface area (Å²) < 4.78 is 5.58. The summed E-state index contributed by atoms with van der Waals surface area (Å²) in [6, 6.07) is 7.06. The Hall–Kier alpha value is -2.71. The van der Waals surface area contributed by atoms with Gasteiger partial charge in [-0.15, -0.1) is 0 Å². The summed E-state index contributed by atoms with van der Waals surface area (Å²) in [4.78, 5) is 31.8. The van der Waals surface area contributed by atoms with Crippen LogP contribution in [0, 0.1) is 0 Å². The standard InChI is InChI=1S/C30H44N6O2/c1-3-7-24-10-11-28(38-2)26(20-24)27-21-32-29(22-31-27)35-14-12-33(13-15-35)23-30(37)36-18-16-34(17-19-36)25-8-5-4-6-9-25/h10-11,20-22,25H,3-9,12-19,23H2,1-2H3. The van der Waals surface area contributed by atoms with Gasteiger partial charge in [-0.05, 0) is 37.0 Å². The predicted molar refractivity (Wildman–Crippen MR) is 152 cm³/mol. The maximum Gasteiger partial charge on any atom is 0.236 e. The molecular weight excluding hydrogens is 476 g/mol. The van der Waals surface area contributed by atoms with Gasteiger partial charge in [-0.1, -0.05) is 38.7 Å². The van der Waals surface area contributed by atoms with Crippen LogP contribution in [0.2, 0.25) is 0 Å². The van der Waals surface area contributed by atoms with E-state index in [4.69, 9.17) is 14.7 Å². The van der Waals surface area contributed by atoms with Gasteiger partial charge in [0.05, 0.1) is 31.7 Å². The molecular formula is C30H44N6O2. The Kier molecular flexibility index (Phi) is 9.12. The first-order chi connectivity index (χ1) is 18.6. The Morgan fingerprint density at radius 3 is 2.37 bits per heavy atom. The fourth-order valence-corrected chi connectivity index (χ4v) is 6.23. The van der Waals surface area contributed by atoms with E-state index >= 15 is 0 Å². The number of nitrogens with zero attached hydrogens (tertiary/aromatic N) is 6. The van der Waals surface area contributed by atoms with E-state index < -0.39 is 0 Å². The number of amides is 1. The maximum absolute atomic E-state index is 13.0. The molecule has 1 aromatic carbocycles. The van der Waals surface area contributed by atoms with Crippen molar-refractivity contribution < 1.29 is 9.53 Å². The summed E-state index contributed by atoms with van der Waals surface area (Å²) >= 11 is 0. The third kappa shape index (κ3) is 6.46. The molecule has 0 spiro atoms. The van der Waals surface area contributed by atoms with Crippen molar-refractivity contribution in [1.82, 2.24) is 24.7 Å². The van der Waals surface area contributed by atoms with Crippen LogP contribution in [0.15, 0.2) is 30.6 Å². The minimum absolute atomic E-state index is 0.283. The topological polar surface area (TPSA) is 65.0 Å². The van der Waals surface area contributed by atoms with E-state index in [0.717, 1.165) is 94.1 Å². The normalized spacial score (nSPS) is 20.1. The van der Waals surface area contributed by atoms with E-state index in [0.29, 0.717) is 6.54 Å². The first-order valence-corrected chi connectivity index (χ1v) is 14.6. The highest BCUT2D eigenvalue weighted by Gasteiger charge is 2.28. The van der Waals surface area contributed by atoms with Gasteiger partial charge in [0.25, 0.3) is 0 Å². The molecule has 8 nitrogen and oxygen atoms in total. The number of hydrogen-bond acceptors (Lipinski definition) is 7. The van der Waals surface area contributed by atoms with Gasteiger partial charge in [0.2, 0.25) is 5.91 Å². The Labute approximate surface area is 228 Å². The quantitative estimate of drug-likeness (QED) is 0.526. The average molecular weight is 521 g/mol. The van der Waals surface area contributed by atoms with Gasteiger partial charge >= 0.3 is 0 Å². The van der Waals surface area contributed by atoms with Crippen molar-refractivity contribution >= 4 is 11.7 Å². The summed E-state index contributed by atoms with van der Waals surface area (Å²) in [5, 5.41) is 0. The second-order valence-corrected chi connectivity index (χ2v) is 11.0. The van der Waals surface area contributed by atoms with Crippen molar-refractivity contribution in [3.63, 3.8) is 0 Å². The molecule has 0 radical (unpaired) electrons. The van der Waals surface area contributed by atoms with Crippen molar-refractivity contribution in [2.24, 2.45) is 0 Å². The van der Waals surface area contributed by atoms with Crippen molar-refractivity contribution in [2.45, 2.75) is 57.9 Å². The number of ether oxygens (including phenoxy) is 1. The van der Waals surface area contributed by atoms with E-state index in [1.54, 1.807) is 7.11 Å². The largest absolute Gasteiger partial charge is 0.496 e. The Balaban J connectivity index is 1.10. The van der Waals surface area contributed by atoms with Crippen molar-refractivity contribution in [3.05, 3.63) is 36.2 Å². The lowest BCUT2D eigenvalue weighted by atomic mass is 9.94. The molecule has 2 saturated heterocycles. The molecule has 0 unspecified atom stereocenters. The molecule has 1 aliphatic carbocycles. The predicted octanol–water partition coefficient (Wildman–Crippen LogP) is 3.70. The van der Waals surface area contributed by atoms with Crippen LogP contribution in [-0.4, -0.2) is 103 Å². The summed E-state index contributed by atoms with van der Waals surface area (Å²) in [7, 11) is 1.70. The molecule has 38 heavy (non-hydrogen) atoms. The fraction of sp³-hybridized carbons (Fsp3) is 0.633. The van der Waals surface area contributed by atoms with Gasteiger partial charge in [0, 0.05) is 64.0 Å². The van der Waals surface area contributed by atoms with Crippen LogP contribution in [-0.2, 0) is 11.2 Å². The molecule has 2 aliphatic heterocycles. The van der Waals surface area contributed by atoms with Gasteiger partial charge in [-0.3, -0.25) is 19.6 Å². The lowest BCUT2D eigenvalue weighted by Crippen LogP contribution is -2.55. The molecule has 3 heterocycles. The summed E-state index contributed by atoms with van der Waals surface area (Å²) in [6.45, 7) is 9.98. The number of aryl methyl sites for hydroxylation is 1. The van der Waals surface area contributed by atoms with Crippen molar-refractivity contribution in [2.75, 3.05) is 70.9 Å². The maximum atomic E-state index is 13.0. The summed E-state index contributed by atoms with van der Waals surface area (Å²) in [5.74, 6) is 1.99. The molecule has 1 aromatic heterocycles. The molecule has 1 saturated carbocycles. The number of aromatic nitrogens is 2. The van der Waals surface area contributed by atoms with Crippen LogP contribution in [0.5, 0.6) is 5.75 Å². The zero-order valence-corrected chi connectivity index (χ0v) is 23.3. The first-order valence-electron chi connectivity index (χ1n) is 14.6. The van der Waals surface area contributed by atoms with Gasteiger partial charge in [-0.2, -0.15) is 0 Å². The highest BCUT2D eigenvalue weighted by atomic mass is 16.5. The van der Waals surface area contributed by atoms with Crippen LogP contribution < -0.4 is 9.64 Å². The third-order valence-corrected chi connectivity index (χ3v) is 8.53. The van der Waals surface area contributed by atoms with Crippen LogP contribution in [0.3, 0.4) is 0 Å². The van der Waals surface area contributed by atoms with Crippen molar-refractivity contribution in [1.29, 1.82) is 0 Å². The molecule has 0 bridgehead atoms. The number of hydrogen-bond donors (Lipinski definition) is 0. The molecule has 3 aliphatic rings. The minimum Gasteiger partial charge on any atom is -0.496 e. The second-order valence-electron chi connectivity index (χ2n) is 11.0. The number of anilines is 1. The van der Waals surface area contributed by atoms with E-state index in [-0.39, 0.29) is 5.91 Å². The number of rotatable bonds is 8.